The van der Waals surface area contributed by atoms with Gasteiger partial charge in [0.25, 0.3) is 0 Å². The number of guanidine groups is 1. The van der Waals surface area contributed by atoms with Crippen molar-refractivity contribution in [2.75, 3.05) is 26.4 Å². The van der Waals surface area contributed by atoms with Gasteiger partial charge in [0.05, 0.1) is 18.5 Å². The molecule has 2 saturated heterocycles. The Morgan fingerprint density at radius 2 is 1.96 bits per heavy atom. The Labute approximate surface area is 185 Å². The monoisotopic (exact) mass is 503 g/mol. The molecule has 0 amide bonds. The molecule has 6 nitrogen and oxygen atoms in total. The van der Waals surface area contributed by atoms with Gasteiger partial charge in [0, 0.05) is 44.7 Å². The molecule has 1 aromatic rings. The first-order valence-electron chi connectivity index (χ1n) is 10.6. The Hall–Kier alpha value is -0.800. The maximum atomic E-state index is 6.08. The summed E-state index contributed by atoms with van der Waals surface area (Å²) in [6.45, 7) is 3.07. The molecule has 7 heteroatoms. The Bertz CT molecular complexity index is 596. The molecule has 1 saturated carbocycles. The zero-order chi connectivity index (χ0) is 18.4. The van der Waals surface area contributed by atoms with E-state index in [2.05, 4.69) is 10.6 Å². The third kappa shape index (κ3) is 6.10. The molecule has 2 N–H and O–H groups in total. The van der Waals surface area contributed by atoms with E-state index in [-0.39, 0.29) is 29.6 Å². The van der Waals surface area contributed by atoms with E-state index in [0.717, 1.165) is 63.8 Å². The van der Waals surface area contributed by atoms with Crippen LogP contribution in [0.3, 0.4) is 0 Å². The van der Waals surface area contributed by atoms with Crippen molar-refractivity contribution < 1.29 is 13.9 Å². The van der Waals surface area contributed by atoms with E-state index in [1.807, 2.05) is 12.1 Å². The lowest BCUT2D eigenvalue weighted by Gasteiger charge is -2.38. The highest BCUT2D eigenvalue weighted by atomic mass is 127. The molecule has 0 aromatic carbocycles. The van der Waals surface area contributed by atoms with E-state index in [0.29, 0.717) is 12.1 Å². The molecule has 2 aliphatic heterocycles. The van der Waals surface area contributed by atoms with Gasteiger partial charge in [-0.15, -0.1) is 24.0 Å². The molecular formula is C21H34IN3O3. The van der Waals surface area contributed by atoms with Gasteiger partial charge in [-0.1, -0.05) is 19.3 Å². The lowest BCUT2D eigenvalue weighted by atomic mass is 9.90. The summed E-state index contributed by atoms with van der Waals surface area (Å²) in [5, 5.41) is 7.41. The van der Waals surface area contributed by atoms with Crippen molar-refractivity contribution in [3.8, 4) is 0 Å². The number of hydrogen-bond donors (Lipinski definition) is 2. The number of nitrogens with one attached hydrogen (secondary N) is 2. The molecule has 3 fully saturated rings. The highest BCUT2D eigenvalue weighted by Crippen LogP contribution is 2.32. The van der Waals surface area contributed by atoms with Gasteiger partial charge in [-0.3, -0.25) is 4.99 Å². The molecular weight excluding hydrogens is 469 g/mol. The van der Waals surface area contributed by atoms with Crippen LogP contribution in [-0.2, 0) is 15.9 Å². The summed E-state index contributed by atoms with van der Waals surface area (Å²) in [7, 11) is 0. The predicted molar refractivity (Wildman–Crippen MR) is 120 cm³/mol. The summed E-state index contributed by atoms with van der Waals surface area (Å²) >= 11 is 0. The quantitative estimate of drug-likeness (QED) is 0.365. The fraction of sp³-hybridized carbons (Fsp3) is 0.762. The second-order valence-electron chi connectivity index (χ2n) is 8.21. The molecule has 0 radical (unpaired) electrons. The van der Waals surface area contributed by atoms with Crippen molar-refractivity contribution in [3.05, 3.63) is 24.2 Å². The van der Waals surface area contributed by atoms with Crippen molar-refractivity contribution in [3.63, 3.8) is 0 Å². The Morgan fingerprint density at radius 1 is 1.11 bits per heavy atom. The molecule has 158 valence electrons. The van der Waals surface area contributed by atoms with Gasteiger partial charge in [0.15, 0.2) is 5.96 Å². The van der Waals surface area contributed by atoms with Gasteiger partial charge in [0.2, 0.25) is 0 Å². The van der Waals surface area contributed by atoms with Crippen molar-refractivity contribution in [1.82, 2.24) is 10.6 Å². The zero-order valence-corrected chi connectivity index (χ0v) is 19.0. The normalized spacial score (nSPS) is 28.9. The molecule has 1 spiro atoms. The Kier molecular flexibility index (Phi) is 8.47. The average molecular weight is 503 g/mol. The number of hydrogen-bond acceptors (Lipinski definition) is 4. The van der Waals surface area contributed by atoms with Crippen LogP contribution >= 0.6 is 24.0 Å². The van der Waals surface area contributed by atoms with Crippen LogP contribution in [0, 0.1) is 0 Å². The second-order valence-corrected chi connectivity index (χ2v) is 8.21. The third-order valence-electron chi connectivity index (χ3n) is 6.06. The first-order valence-corrected chi connectivity index (χ1v) is 10.6. The minimum atomic E-state index is -0.0833. The molecule has 4 rings (SSSR count). The van der Waals surface area contributed by atoms with Crippen molar-refractivity contribution in [2.24, 2.45) is 4.99 Å². The van der Waals surface area contributed by atoms with Crippen LogP contribution in [0.1, 0.15) is 57.1 Å². The summed E-state index contributed by atoms with van der Waals surface area (Å²) < 4.78 is 17.1. The van der Waals surface area contributed by atoms with Crippen LogP contribution in [0.4, 0.5) is 0 Å². The molecule has 3 heterocycles. The number of nitrogens with zero attached hydrogens (tertiary/aromatic N) is 1. The van der Waals surface area contributed by atoms with Crippen LogP contribution in [0.2, 0.25) is 0 Å². The zero-order valence-electron chi connectivity index (χ0n) is 16.7. The SMILES string of the molecule is I.c1coc(CCN=C(NC2CCCCC2)NC2CCOC3(CCOC3)C2)c1. The van der Waals surface area contributed by atoms with E-state index in [9.17, 15) is 0 Å². The van der Waals surface area contributed by atoms with Crippen LogP contribution in [0.25, 0.3) is 0 Å². The maximum absolute atomic E-state index is 6.08. The maximum Gasteiger partial charge on any atom is 0.191 e. The first-order chi connectivity index (χ1) is 13.3. The largest absolute Gasteiger partial charge is 0.469 e. The highest BCUT2D eigenvalue weighted by Gasteiger charge is 2.41. The third-order valence-corrected chi connectivity index (χ3v) is 6.06. The van der Waals surface area contributed by atoms with Gasteiger partial charge in [0.1, 0.15) is 5.76 Å². The van der Waals surface area contributed by atoms with E-state index in [1.54, 1.807) is 6.26 Å². The lowest BCUT2D eigenvalue weighted by molar-refractivity contribution is -0.0874. The standard InChI is InChI=1S/C21H33N3O3.HI/c1-2-5-17(6-3-1)23-20(22-11-8-19-7-4-12-26-19)24-18-9-13-27-21(15-18)10-14-25-16-21;/h4,7,12,17-18H,1-3,5-6,8-11,13-16H2,(H2,22,23,24);1H. The Morgan fingerprint density at radius 3 is 2.71 bits per heavy atom. The molecule has 28 heavy (non-hydrogen) atoms. The highest BCUT2D eigenvalue weighted by molar-refractivity contribution is 14.0. The average Bonchev–Trinajstić information content (AvgIpc) is 3.35. The number of rotatable bonds is 5. The summed E-state index contributed by atoms with van der Waals surface area (Å²) in [4.78, 5) is 4.86. The van der Waals surface area contributed by atoms with Crippen molar-refractivity contribution in [1.29, 1.82) is 0 Å². The summed E-state index contributed by atoms with van der Waals surface area (Å²) in [5.41, 5.74) is -0.0833. The van der Waals surface area contributed by atoms with Crippen LogP contribution in [-0.4, -0.2) is 50.0 Å². The van der Waals surface area contributed by atoms with Gasteiger partial charge >= 0.3 is 0 Å². The van der Waals surface area contributed by atoms with Crippen LogP contribution in [0.5, 0.6) is 0 Å². The van der Waals surface area contributed by atoms with Gasteiger partial charge in [-0.05, 0) is 37.8 Å². The Balaban J connectivity index is 0.00000225. The first kappa shape index (κ1) is 21.9. The van der Waals surface area contributed by atoms with Gasteiger partial charge in [-0.25, -0.2) is 0 Å². The molecule has 2 unspecified atom stereocenters. The summed E-state index contributed by atoms with van der Waals surface area (Å²) in [5.74, 6) is 1.94. The van der Waals surface area contributed by atoms with Crippen LogP contribution < -0.4 is 10.6 Å². The predicted octanol–water partition coefficient (Wildman–Crippen LogP) is 3.65. The number of ether oxygens (including phenoxy) is 2. The van der Waals surface area contributed by atoms with Crippen LogP contribution in [0.15, 0.2) is 27.8 Å². The number of aliphatic imine (C=N–C) groups is 1. The molecule has 1 aromatic heterocycles. The van der Waals surface area contributed by atoms with Crippen molar-refractivity contribution in [2.45, 2.75) is 75.5 Å². The summed E-state index contributed by atoms with van der Waals surface area (Å²) in [6, 6.07) is 4.87. The lowest BCUT2D eigenvalue weighted by Crippen LogP contribution is -2.53. The van der Waals surface area contributed by atoms with E-state index < -0.39 is 0 Å². The fourth-order valence-corrected chi connectivity index (χ4v) is 4.51. The van der Waals surface area contributed by atoms with Gasteiger partial charge in [-0.2, -0.15) is 0 Å². The molecule has 1 aliphatic carbocycles. The number of halogens is 1. The summed E-state index contributed by atoms with van der Waals surface area (Å²) in [6.07, 6.45) is 12.0. The fourth-order valence-electron chi connectivity index (χ4n) is 4.51. The van der Waals surface area contributed by atoms with E-state index >= 15 is 0 Å². The number of furan rings is 1. The molecule has 3 aliphatic rings. The topological polar surface area (TPSA) is 68.0 Å². The minimum Gasteiger partial charge on any atom is -0.469 e. The molecule has 0 bridgehead atoms. The minimum absolute atomic E-state index is 0. The molecule has 2 atom stereocenters. The van der Waals surface area contributed by atoms with E-state index in [4.69, 9.17) is 18.9 Å². The van der Waals surface area contributed by atoms with Gasteiger partial charge < -0.3 is 24.5 Å². The smallest absolute Gasteiger partial charge is 0.191 e. The van der Waals surface area contributed by atoms with E-state index in [1.165, 1.54) is 32.1 Å². The van der Waals surface area contributed by atoms with Crippen molar-refractivity contribution >= 4 is 29.9 Å². The second kappa shape index (κ2) is 10.8.